The van der Waals surface area contributed by atoms with Gasteiger partial charge >= 0.3 is 0 Å². The fourth-order valence-corrected chi connectivity index (χ4v) is 3.51. The van der Waals surface area contributed by atoms with Crippen LogP contribution in [0.25, 0.3) is 0 Å². The first-order chi connectivity index (χ1) is 17.2. The van der Waals surface area contributed by atoms with Crippen LogP contribution in [-0.2, 0) is 12.8 Å². The molecule has 4 aromatic rings. The van der Waals surface area contributed by atoms with E-state index in [1.165, 1.54) is 0 Å². The van der Waals surface area contributed by atoms with Gasteiger partial charge < -0.3 is 14.9 Å². The highest BCUT2D eigenvalue weighted by atomic mass is 16.5. The molecule has 0 bridgehead atoms. The molecule has 2 N–H and O–H groups in total. The molecular formula is C30H28N2O3. The Kier molecular flexibility index (Phi) is 8.28. The Morgan fingerprint density at radius 1 is 0.629 bits per heavy atom. The fourth-order valence-electron chi connectivity index (χ4n) is 3.51. The minimum Gasteiger partial charge on any atom is -0.508 e. The summed E-state index contributed by atoms with van der Waals surface area (Å²) in [5, 5.41) is 18.8. The first-order valence-corrected chi connectivity index (χ1v) is 11.6. The second-order valence-electron chi connectivity index (χ2n) is 8.12. The van der Waals surface area contributed by atoms with E-state index in [-0.39, 0.29) is 11.5 Å². The lowest BCUT2D eigenvalue weighted by Crippen LogP contribution is -1.94. The molecule has 0 aliphatic rings. The number of para-hydroxylation sites is 1. The van der Waals surface area contributed by atoms with Crippen molar-refractivity contribution in [2.24, 2.45) is 9.98 Å². The number of hydrogen-bond acceptors (Lipinski definition) is 5. The van der Waals surface area contributed by atoms with E-state index in [1.54, 1.807) is 24.3 Å². The van der Waals surface area contributed by atoms with E-state index >= 15 is 0 Å². The molecule has 5 heteroatoms. The maximum absolute atomic E-state index is 9.39. The Balaban J connectivity index is 1.33. The van der Waals surface area contributed by atoms with Crippen LogP contribution >= 0.6 is 0 Å². The quantitative estimate of drug-likeness (QED) is 0.274. The first kappa shape index (κ1) is 23.8. The second kappa shape index (κ2) is 12.2. The van der Waals surface area contributed by atoms with Crippen LogP contribution in [0.5, 0.6) is 23.0 Å². The van der Waals surface area contributed by atoms with Crippen molar-refractivity contribution < 1.29 is 14.9 Å². The Hall–Kier alpha value is -4.38. The molecule has 4 aromatic carbocycles. The molecule has 0 aliphatic carbocycles. The molecule has 0 unspecified atom stereocenters. The number of benzene rings is 4. The fraction of sp³-hybridized carbons (Fsp3) is 0.133. The lowest BCUT2D eigenvalue weighted by atomic mass is 10.1. The Bertz CT molecular complexity index is 1280. The van der Waals surface area contributed by atoms with Crippen LogP contribution in [0, 0.1) is 0 Å². The number of hydrogen-bond donors (Lipinski definition) is 2. The smallest absolute Gasteiger partial charge is 0.136 e. The van der Waals surface area contributed by atoms with Gasteiger partial charge in [-0.05, 0) is 78.1 Å². The maximum Gasteiger partial charge on any atom is 0.136 e. The highest BCUT2D eigenvalue weighted by molar-refractivity contribution is 5.84. The van der Waals surface area contributed by atoms with Gasteiger partial charge in [0.2, 0.25) is 0 Å². The van der Waals surface area contributed by atoms with Crippen LogP contribution in [0.2, 0.25) is 0 Å². The number of rotatable bonds is 10. The highest BCUT2D eigenvalue weighted by Crippen LogP contribution is 2.25. The van der Waals surface area contributed by atoms with Crippen LogP contribution in [0.1, 0.15) is 22.3 Å². The van der Waals surface area contributed by atoms with Crippen molar-refractivity contribution >= 4 is 12.4 Å². The van der Waals surface area contributed by atoms with Gasteiger partial charge in [-0.15, -0.1) is 0 Å². The number of ether oxygens (including phenoxy) is 1. The average Bonchev–Trinajstić information content (AvgIpc) is 2.88. The van der Waals surface area contributed by atoms with Gasteiger partial charge in [-0.3, -0.25) is 9.98 Å². The van der Waals surface area contributed by atoms with Crippen molar-refractivity contribution in [1.29, 1.82) is 0 Å². The van der Waals surface area contributed by atoms with E-state index in [9.17, 15) is 10.2 Å². The summed E-state index contributed by atoms with van der Waals surface area (Å²) < 4.78 is 6.16. The third-order valence-corrected chi connectivity index (χ3v) is 5.41. The summed E-state index contributed by atoms with van der Waals surface area (Å²) in [7, 11) is 0. The standard InChI is InChI=1S/C30H28N2O3/c33-27-12-8-23(9-13-27)16-18-31-21-25-4-3-6-29(20-25)35-30-7-2-1-5-26(30)22-32-19-17-24-10-14-28(34)15-11-24/h1-15,20-22,33-34H,16-19H2. The minimum absolute atomic E-state index is 0.271. The highest BCUT2D eigenvalue weighted by Gasteiger charge is 2.03. The van der Waals surface area contributed by atoms with Crippen LogP contribution in [0.4, 0.5) is 0 Å². The molecule has 176 valence electrons. The van der Waals surface area contributed by atoms with Gasteiger partial charge in [0.15, 0.2) is 0 Å². The van der Waals surface area contributed by atoms with E-state index < -0.39 is 0 Å². The number of aromatic hydroxyl groups is 2. The van der Waals surface area contributed by atoms with Crippen molar-refractivity contribution in [3.63, 3.8) is 0 Å². The maximum atomic E-state index is 9.39. The van der Waals surface area contributed by atoms with E-state index in [2.05, 4.69) is 9.98 Å². The van der Waals surface area contributed by atoms with Gasteiger partial charge in [-0.1, -0.05) is 48.5 Å². The van der Waals surface area contributed by atoms with Crippen LogP contribution < -0.4 is 4.74 Å². The van der Waals surface area contributed by atoms with Crippen molar-refractivity contribution in [3.05, 3.63) is 119 Å². The van der Waals surface area contributed by atoms with Crippen molar-refractivity contribution in [2.45, 2.75) is 12.8 Å². The summed E-state index contributed by atoms with van der Waals surface area (Å²) in [6.07, 6.45) is 5.30. The lowest BCUT2D eigenvalue weighted by Gasteiger charge is -2.09. The third-order valence-electron chi connectivity index (χ3n) is 5.41. The summed E-state index contributed by atoms with van der Waals surface area (Å²) in [6, 6.07) is 30.0. The normalized spacial score (nSPS) is 11.3. The minimum atomic E-state index is 0.271. The Morgan fingerprint density at radius 2 is 1.23 bits per heavy atom. The van der Waals surface area contributed by atoms with Gasteiger partial charge in [0.05, 0.1) is 0 Å². The lowest BCUT2D eigenvalue weighted by molar-refractivity contribution is 0.474. The van der Waals surface area contributed by atoms with Gasteiger partial charge in [0, 0.05) is 31.1 Å². The molecular weight excluding hydrogens is 436 g/mol. The van der Waals surface area contributed by atoms with E-state index in [1.807, 2.05) is 85.2 Å². The van der Waals surface area contributed by atoms with Gasteiger partial charge in [0.25, 0.3) is 0 Å². The molecule has 0 atom stereocenters. The Morgan fingerprint density at radius 3 is 1.89 bits per heavy atom. The van der Waals surface area contributed by atoms with Gasteiger partial charge in [-0.2, -0.15) is 0 Å². The summed E-state index contributed by atoms with van der Waals surface area (Å²) in [4.78, 5) is 9.08. The average molecular weight is 465 g/mol. The SMILES string of the molecule is Oc1ccc(CCN=Cc2cccc(Oc3ccccc3C=NCCc3ccc(O)cc3)c2)cc1. The molecule has 4 rings (SSSR count). The van der Waals surface area contributed by atoms with E-state index in [4.69, 9.17) is 4.74 Å². The summed E-state index contributed by atoms with van der Waals surface area (Å²) in [5.74, 6) is 2.02. The van der Waals surface area contributed by atoms with E-state index in [0.29, 0.717) is 13.1 Å². The number of aliphatic imine (C=N–C) groups is 2. The monoisotopic (exact) mass is 464 g/mol. The molecule has 0 saturated carbocycles. The molecule has 0 fully saturated rings. The van der Waals surface area contributed by atoms with E-state index in [0.717, 1.165) is 46.6 Å². The topological polar surface area (TPSA) is 74.4 Å². The molecule has 0 radical (unpaired) electrons. The summed E-state index contributed by atoms with van der Waals surface area (Å²) >= 11 is 0. The third kappa shape index (κ3) is 7.57. The second-order valence-corrected chi connectivity index (χ2v) is 8.12. The molecule has 0 aromatic heterocycles. The molecule has 0 amide bonds. The predicted octanol–water partition coefficient (Wildman–Crippen LogP) is 6.21. The van der Waals surface area contributed by atoms with Crippen LogP contribution in [0.3, 0.4) is 0 Å². The summed E-state index contributed by atoms with van der Waals surface area (Å²) in [5.41, 5.74) is 4.14. The van der Waals surface area contributed by atoms with Gasteiger partial charge in [-0.25, -0.2) is 0 Å². The van der Waals surface area contributed by atoms with Crippen molar-refractivity contribution in [1.82, 2.24) is 0 Å². The van der Waals surface area contributed by atoms with Crippen molar-refractivity contribution in [3.8, 4) is 23.0 Å². The Labute approximate surface area is 205 Å². The predicted molar refractivity (Wildman–Crippen MR) is 142 cm³/mol. The van der Waals surface area contributed by atoms with Crippen molar-refractivity contribution in [2.75, 3.05) is 13.1 Å². The molecule has 0 aliphatic heterocycles. The number of phenols is 2. The zero-order valence-electron chi connectivity index (χ0n) is 19.4. The zero-order valence-corrected chi connectivity index (χ0v) is 19.4. The van der Waals surface area contributed by atoms with Crippen LogP contribution in [-0.4, -0.2) is 35.7 Å². The van der Waals surface area contributed by atoms with Crippen LogP contribution in [0.15, 0.2) is 107 Å². The number of phenolic OH excluding ortho intramolecular Hbond substituents is 2. The molecule has 0 spiro atoms. The largest absolute Gasteiger partial charge is 0.508 e. The first-order valence-electron chi connectivity index (χ1n) is 11.6. The number of nitrogens with zero attached hydrogens (tertiary/aromatic N) is 2. The summed E-state index contributed by atoms with van der Waals surface area (Å²) in [6.45, 7) is 1.31. The van der Waals surface area contributed by atoms with Gasteiger partial charge in [0.1, 0.15) is 23.0 Å². The molecule has 35 heavy (non-hydrogen) atoms. The molecule has 0 heterocycles. The molecule has 5 nitrogen and oxygen atoms in total. The zero-order chi connectivity index (χ0) is 24.3. The molecule has 0 saturated heterocycles.